The van der Waals surface area contributed by atoms with Gasteiger partial charge in [0.1, 0.15) is 10.7 Å². The van der Waals surface area contributed by atoms with Crippen LogP contribution in [0.25, 0.3) is 15.9 Å². The SMILES string of the molecule is Cc1nc2sc3c(c2c2nnc(SCC(=O)O)n12)CCC(C)C3. The van der Waals surface area contributed by atoms with E-state index in [1.54, 1.807) is 11.3 Å². The fourth-order valence-corrected chi connectivity index (χ4v) is 5.31. The minimum atomic E-state index is -0.861. The molecule has 8 heteroatoms. The first-order chi connectivity index (χ1) is 11.0. The molecule has 0 aromatic carbocycles. The Bertz CT molecular complexity index is 931. The lowest BCUT2D eigenvalue weighted by atomic mass is 9.89. The van der Waals surface area contributed by atoms with Crippen molar-refractivity contribution in [2.75, 3.05) is 5.75 Å². The molecule has 1 atom stereocenters. The summed E-state index contributed by atoms with van der Waals surface area (Å²) in [5, 5.41) is 19.1. The number of thiophene rings is 1. The van der Waals surface area contributed by atoms with E-state index in [9.17, 15) is 4.79 Å². The summed E-state index contributed by atoms with van der Waals surface area (Å²) in [7, 11) is 0. The maximum atomic E-state index is 10.8. The van der Waals surface area contributed by atoms with Crippen molar-refractivity contribution in [2.45, 2.75) is 38.3 Å². The number of hydrogen-bond acceptors (Lipinski definition) is 6. The second kappa shape index (κ2) is 5.45. The van der Waals surface area contributed by atoms with E-state index >= 15 is 0 Å². The van der Waals surface area contributed by atoms with Gasteiger partial charge in [-0.25, -0.2) is 4.98 Å². The number of fused-ring (bicyclic) bond motifs is 5. The summed E-state index contributed by atoms with van der Waals surface area (Å²) < 4.78 is 1.89. The van der Waals surface area contributed by atoms with E-state index in [0.717, 1.165) is 34.5 Å². The van der Waals surface area contributed by atoms with Crippen molar-refractivity contribution in [2.24, 2.45) is 5.92 Å². The van der Waals surface area contributed by atoms with Crippen LogP contribution in [0.2, 0.25) is 0 Å². The number of carboxylic acid groups (broad SMARTS) is 1. The van der Waals surface area contributed by atoms with E-state index < -0.39 is 5.97 Å². The number of hydrogen-bond donors (Lipinski definition) is 1. The maximum Gasteiger partial charge on any atom is 0.313 e. The van der Waals surface area contributed by atoms with Crippen LogP contribution in [0.15, 0.2) is 5.16 Å². The molecule has 4 rings (SSSR count). The van der Waals surface area contributed by atoms with Gasteiger partial charge >= 0.3 is 5.97 Å². The zero-order chi connectivity index (χ0) is 16.1. The Kier molecular flexibility index (Phi) is 3.53. The third-order valence-electron chi connectivity index (χ3n) is 4.26. The van der Waals surface area contributed by atoms with Crippen molar-refractivity contribution in [3.05, 3.63) is 16.3 Å². The summed E-state index contributed by atoms with van der Waals surface area (Å²) in [5.41, 5.74) is 2.18. The minimum absolute atomic E-state index is 0.0302. The monoisotopic (exact) mass is 348 g/mol. The van der Waals surface area contributed by atoms with Crippen LogP contribution in [-0.4, -0.2) is 36.4 Å². The predicted molar refractivity (Wildman–Crippen MR) is 90.5 cm³/mol. The third kappa shape index (κ3) is 2.40. The third-order valence-corrected chi connectivity index (χ3v) is 6.32. The number of rotatable bonds is 3. The molecule has 1 aliphatic carbocycles. The molecular formula is C15H16N4O2S2. The zero-order valence-electron chi connectivity index (χ0n) is 12.9. The molecule has 3 heterocycles. The summed E-state index contributed by atoms with van der Waals surface area (Å²) in [6.45, 7) is 4.21. The quantitative estimate of drug-likeness (QED) is 0.733. The molecule has 1 unspecified atom stereocenters. The molecule has 0 saturated heterocycles. The molecule has 23 heavy (non-hydrogen) atoms. The lowest BCUT2D eigenvalue weighted by Gasteiger charge is -2.17. The number of carboxylic acids is 1. The molecule has 6 nitrogen and oxygen atoms in total. The average molecular weight is 348 g/mol. The molecule has 0 radical (unpaired) electrons. The van der Waals surface area contributed by atoms with Crippen LogP contribution >= 0.6 is 23.1 Å². The van der Waals surface area contributed by atoms with Crippen LogP contribution in [0, 0.1) is 12.8 Å². The number of aryl methyl sites for hydroxylation is 2. The number of nitrogens with zero attached hydrogens (tertiary/aromatic N) is 4. The second-order valence-corrected chi connectivity index (χ2v) is 8.04. The molecule has 0 aliphatic heterocycles. The summed E-state index contributed by atoms with van der Waals surface area (Å²) in [4.78, 5) is 18.0. The molecular weight excluding hydrogens is 332 g/mol. The van der Waals surface area contributed by atoms with E-state index in [-0.39, 0.29) is 5.75 Å². The summed E-state index contributed by atoms with van der Waals surface area (Å²) in [6.07, 6.45) is 3.35. The van der Waals surface area contributed by atoms with Gasteiger partial charge in [0.15, 0.2) is 10.8 Å². The zero-order valence-corrected chi connectivity index (χ0v) is 14.5. The Balaban J connectivity index is 1.92. The molecule has 120 valence electrons. The van der Waals surface area contributed by atoms with Crippen LogP contribution in [0.1, 0.15) is 29.6 Å². The van der Waals surface area contributed by atoms with E-state index in [4.69, 9.17) is 10.1 Å². The van der Waals surface area contributed by atoms with E-state index in [0.29, 0.717) is 11.1 Å². The molecule has 0 amide bonds. The number of aromatic nitrogens is 4. The van der Waals surface area contributed by atoms with Crippen molar-refractivity contribution >= 4 is 44.9 Å². The van der Waals surface area contributed by atoms with Crippen LogP contribution in [0.5, 0.6) is 0 Å². The van der Waals surface area contributed by atoms with Crippen molar-refractivity contribution < 1.29 is 9.90 Å². The van der Waals surface area contributed by atoms with Crippen molar-refractivity contribution in [1.29, 1.82) is 0 Å². The Morgan fingerprint density at radius 1 is 1.48 bits per heavy atom. The van der Waals surface area contributed by atoms with Gasteiger partial charge in [-0.15, -0.1) is 21.5 Å². The Hall–Kier alpha value is -1.67. The topological polar surface area (TPSA) is 80.4 Å². The first-order valence-corrected chi connectivity index (χ1v) is 9.35. The van der Waals surface area contributed by atoms with Gasteiger partial charge in [-0.3, -0.25) is 9.20 Å². The Morgan fingerprint density at radius 3 is 3.09 bits per heavy atom. The van der Waals surface area contributed by atoms with Crippen molar-refractivity contribution in [3.63, 3.8) is 0 Å². The number of aliphatic carboxylic acids is 1. The molecule has 3 aromatic heterocycles. The predicted octanol–water partition coefficient (Wildman–Crippen LogP) is 2.95. The van der Waals surface area contributed by atoms with Gasteiger partial charge in [0, 0.05) is 4.88 Å². The van der Waals surface area contributed by atoms with Crippen molar-refractivity contribution in [3.8, 4) is 0 Å². The molecule has 0 fully saturated rings. The van der Waals surface area contributed by atoms with E-state index in [1.165, 1.54) is 28.6 Å². The fraction of sp³-hybridized carbons (Fsp3) is 0.467. The smallest absolute Gasteiger partial charge is 0.313 e. The number of carbonyl (C=O) groups is 1. The second-order valence-electron chi connectivity index (χ2n) is 6.01. The average Bonchev–Trinajstić information content (AvgIpc) is 3.05. The standard InChI is InChI=1S/C15H16N4O2S2/c1-7-3-4-9-10(5-7)23-14-12(9)13-17-18-15(22-6-11(20)21)19(13)8(2)16-14/h7H,3-6H2,1-2H3,(H,20,21). The van der Waals surface area contributed by atoms with Gasteiger partial charge < -0.3 is 5.11 Å². The Morgan fingerprint density at radius 2 is 2.30 bits per heavy atom. The largest absolute Gasteiger partial charge is 0.481 e. The highest BCUT2D eigenvalue weighted by atomic mass is 32.2. The van der Waals surface area contributed by atoms with E-state index in [2.05, 4.69) is 17.1 Å². The number of thioether (sulfide) groups is 1. The highest BCUT2D eigenvalue weighted by Gasteiger charge is 2.24. The van der Waals surface area contributed by atoms with Crippen molar-refractivity contribution in [1.82, 2.24) is 19.6 Å². The molecule has 1 aliphatic rings. The van der Waals surface area contributed by atoms with Gasteiger partial charge in [-0.05, 0) is 37.7 Å². The summed E-state index contributed by atoms with van der Waals surface area (Å²) in [5.74, 6) is 0.627. The van der Waals surface area contributed by atoms with Crippen LogP contribution in [0.3, 0.4) is 0 Å². The highest BCUT2D eigenvalue weighted by molar-refractivity contribution is 7.99. The van der Waals surface area contributed by atoms with E-state index in [1.807, 2.05) is 11.3 Å². The fourth-order valence-electron chi connectivity index (χ4n) is 3.19. The maximum absolute atomic E-state index is 10.8. The lowest BCUT2D eigenvalue weighted by Crippen LogP contribution is -2.08. The molecule has 3 aromatic rings. The molecule has 1 N–H and O–H groups in total. The first-order valence-electron chi connectivity index (χ1n) is 7.55. The highest BCUT2D eigenvalue weighted by Crippen LogP contribution is 2.39. The van der Waals surface area contributed by atoms with Gasteiger partial charge in [0.25, 0.3) is 0 Å². The van der Waals surface area contributed by atoms with Gasteiger partial charge in [-0.2, -0.15) is 0 Å². The Labute approximate surface area is 140 Å². The lowest BCUT2D eigenvalue weighted by molar-refractivity contribution is -0.133. The minimum Gasteiger partial charge on any atom is -0.481 e. The van der Waals surface area contributed by atoms with Gasteiger partial charge in [0.05, 0.1) is 11.1 Å². The van der Waals surface area contributed by atoms with Crippen LogP contribution in [-0.2, 0) is 17.6 Å². The van der Waals surface area contributed by atoms with Gasteiger partial charge in [-0.1, -0.05) is 18.7 Å². The normalized spacial score (nSPS) is 17.7. The molecule has 0 saturated carbocycles. The summed E-state index contributed by atoms with van der Waals surface area (Å²) >= 11 is 2.95. The summed E-state index contributed by atoms with van der Waals surface area (Å²) in [6, 6.07) is 0. The molecule has 0 bridgehead atoms. The molecule has 0 spiro atoms. The van der Waals surface area contributed by atoms with Gasteiger partial charge in [0.2, 0.25) is 0 Å². The van der Waals surface area contributed by atoms with Crippen LogP contribution in [0.4, 0.5) is 0 Å². The van der Waals surface area contributed by atoms with Crippen LogP contribution < -0.4 is 0 Å². The first kappa shape index (κ1) is 14.9.